The molecular weight excluding hydrogens is 362 g/mol. The van der Waals surface area contributed by atoms with Crippen LogP contribution in [-0.4, -0.2) is 22.2 Å². The molecule has 0 spiro atoms. The number of nitrogens with one attached hydrogen (secondary N) is 1. The van der Waals surface area contributed by atoms with Gasteiger partial charge in [-0.2, -0.15) is 5.10 Å². The molecule has 0 radical (unpaired) electrons. The van der Waals surface area contributed by atoms with Crippen LogP contribution in [-0.2, 0) is 6.54 Å². The molecule has 1 aromatic carbocycles. The maximum atomic E-state index is 12.1. The molecule has 22 heavy (non-hydrogen) atoms. The number of halogens is 1. The largest absolute Gasteiger partial charge is 0.350 e. The molecule has 2 aromatic heterocycles. The summed E-state index contributed by atoms with van der Waals surface area (Å²) >= 11 is 5.05. The van der Waals surface area contributed by atoms with Crippen LogP contribution in [0.4, 0.5) is 0 Å². The van der Waals surface area contributed by atoms with Crippen molar-refractivity contribution in [3.63, 3.8) is 0 Å². The third-order valence-electron chi connectivity index (χ3n) is 3.16. The molecule has 2 heterocycles. The van der Waals surface area contributed by atoms with Gasteiger partial charge in [-0.1, -0.05) is 18.2 Å². The van der Waals surface area contributed by atoms with Crippen LogP contribution >= 0.6 is 27.3 Å². The van der Waals surface area contributed by atoms with Gasteiger partial charge < -0.3 is 5.32 Å². The first-order chi connectivity index (χ1) is 10.7. The standard InChI is InChI=1S/C16H14BrN3OS/c17-13-5-2-1-4-12(13)16(21)18-8-10-20-9-7-14(19-20)15-6-3-11-22-15/h1-7,9,11H,8,10H2,(H,18,21). The molecule has 6 heteroatoms. The molecule has 0 saturated heterocycles. The van der Waals surface area contributed by atoms with E-state index in [9.17, 15) is 4.79 Å². The second-order valence-electron chi connectivity index (χ2n) is 4.68. The summed E-state index contributed by atoms with van der Waals surface area (Å²) in [4.78, 5) is 13.2. The molecule has 0 aliphatic carbocycles. The maximum Gasteiger partial charge on any atom is 0.252 e. The van der Waals surface area contributed by atoms with E-state index in [4.69, 9.17) is 0 Å². The van der Waals surface area contributed by atoms with Crippen molar-refractivity contribution in [2.24, 2.45) is 0 Å². The van der Waals surface area contributed by atoms with Crippen LogP contribution in [0.3, 0.4) is 0 Å². The summed E-state index contributed by atoms with van der Waals surface area (Å²) in [7, 11) is 0. The molecule has 112 valence electrons. The highest BCUT2D eigenvalue weighted by Gasteiger charge is 2.08. The van der Waals surface area contributed by atoms with Crippen molar-refractivity contribution in [2.75, 3.05) is 6.54 Å². The molecule has 4 nitrogen and oxygen atoms in total. The lowest BCUT2D eigenvalue weighted by molar-refractivity contribution is 0.0951. The van der Waals surface area contributed by atoms with Crippen LogP contribution in [0.25, 0.3) is 10.6 Å². The third kappa shape index (κ3) is 3.45. The van der Waals surface area contributed by atoms with Crippen molar-refractivity contribution in [1.29, 1.82) is 0 Å². The minimum Gasteiger partial charge on any atom is -0.350 e. The maximum absolute atomic E-state index is 12.1. The van der Waals surface area contributed by atoms with Crippen molar-refractivity contribution in [2.45, 2.75) is 6.54 Å². The highest BCUT2D eigenvalue weighted by atomic mass is 79.9. The molecule has 3 aromatic rings. The Bertz CT molecular complexity index is 767. The second kappa shape index (κ2) is 6.89. The van der Waals surface area contributed by atoms with Gasteiger partial charge in [0.2, 0.25) is 0 Å². The summed E-state index contributed by atoms with van der Waals surface area (Å²) in [5.74, 6) is -0.0851. The molecule has 0 atom stereocenters. The van der Waals surface area contributed by atoms with Crippen molar-refractivity contribution in [3.8, 4) is 10.6 Å². The summed E-state index contributed by atoms with van der Waals surface area (Å²) in [6, 6.07) is 13.4. The molecule has 3 rings (SSSR count). The van der Waals surface area contributed by atoms with E-state index in [-0.39, 0.29) is 5.91 Å². The number of thiophene rings is 1. The molecule has 0 saturated carbocycles. The topological polar surface area (TPSA) is 46.9 Å². The van der Waals surface area contributed by atoms with Gasteiger partial charge in [-0.25, -0.2) is 0 Å². The van der Waals surface area contributed by atoms with Gasteiger partial charge in [-0.05, 0) is 45.6 Å². The van der Waals surface area contributed by atoms with E-state index >= 15 is 0 Å². The first-order valence-electron chi connectivity index (χ1n) is 6.84. The van der Waals surface area contributed by atoms with Crippen LogP contribution in [0.1, 0.15) is 10.4 Å². The first kappa shape index (κ1) is 15.0. The Morgan fingerprint density at radius 3 is 2.86 bits per heavy atom. The Balaban J connectivity index is 1.55. The first-order valence-corrected chi connectivity index (χ1v) is 8.51. The molecule has 1 amide bonds. The number of hydrogen-bond donors (Lipinski definition) is 1. The number of benzene rings is 1. The number of nitrogens with zero attached hydrogens (tertiary/aromatic N) is 2. The van der Waals surface area contributed by atoms with Crippen molar-refractivity contribution in [1.82, 2.24) is 15.1 Å². The van der Waals surface area contributed by atoms with Gasteiger partial charge in [0, 0.05) is 17.2 Å². The molecule has 1 N–H and O–H groups in total. The van der Waals surface area contributed by atoms with E-state index in [1.54, 1.807) is 17.4 Å². The number of carbonyl (C=O) groups excluding carboxylic acids is 1. The molecule has 0 aliphatic heterocycles. The van der Waals surface area contributed by atoms with Gasteiger partial charge >= 0.3 is 0 Å². The Morgan fingerprint density at radius 1 is 1.23 bits per heavy atom. The fraction of sp³-hybridized carbons (Fsp3) is 0.125. The molecule has 0 unspecified atom stereocenters. The molecule has 0 bridgehead atoms. The van der Waals surface area contributed by atoms with Gasteiger partial charge in [0.25, 0.3) is 5.91 Å². The van der Waals surface area contributed by atoms with Crippen molar-refractivity contribution in [3.05, 3.63) is 64.1 Å². The quantitative estimate of drug-likeness (QED) is 0.736. The lowest BCUT2D eigenvalue weighted by atomic mass is 10.2. The number of hydrogen-bond acceptors (Lipinski definition) is 3. The summed E-state index contributed by atoms with van der Waals surface area (Å²) in [5.41, 5.74) is 1.61. The minimum atomic E-state index is -0.0851. The Morgan fingerprint density at radius 2 is 2.09 bits per heavy atom. The average Bonchev–Trinajstić information content (AvgIpc) is 3.18. The highest BCUT2D eigenvalue weighted by Crippen LogP contribution is 2.22. The van der Waals surface area contributed by atoms with Crippen LogP contribution in [0.2, 0.25) is 0 Å². The number of amides is 1. The Hall–Kier alpha value is -1.92. The molecule has 0 aliphatic rings. The fourth-order valence-electron chi connectivity index (χ4n) is 2.07. The van der Waals surface area contributed by atoms with Crippen molar-refractivity contribution >= 4 is 33.2 Å². The van der Waals surface area contributed by atoms with Crippen LogP contribution < -0.4 is 5.32 Å². The van der Waals surface area contributed by atoms with E-state index in [1.165, 1.54) is 0 Å². The summed E-state index contributed by atoms with van der Waals surface area (Å²) < 4.78 is 2.64. The zero-order chi connectivity index (χ0) is 15.4. The number of rotatable bonds is 5. The summed E-state index contributed by atoms with van der Waals surface area (Å²) in [6.07, 6.45) is 1.93. The SMILES string of the molecule is O=C(NCCn1ccc(-c2cccs2)n1)c1ccccc1Br. The predicted molar refractivity (Wildman–Crippen MR) is 92.0 cm³/mol. The van der Waals surface area contributed by atoms with Gasteiger partial charge in [-0.15, -0.1) is 11.3 Å². The van der Waals surface area contributed by atoms with E-state index in [0.29, 0.717) is 18.7 Å². The zero-order valence-electron chi connectivity index (χ0n) is 11.7. The fourth-order valence-corrected chi connectivity index (χ4v) is 3.22. The third-order valence-corrected chi connectivity index (χ3v) is 4.74. The van der Waals surface area contributed by atoms with E-state index in [1.807, 2.05) is 52.7 Å². The lowest BCUT2D eigenvalue weighted by Crippen LogP contribution is -2.27. The zero-order valence-corrected chi connectivity index (χ0v) is 14.1. The Labute approximate surface area is 140 Å². The monoisotopic (exact) mass is 375 g/mol. The Kier molecular flexibility index (Phi) is 4.70. The average molecular weight is 376 g/mol. The van der Waals surface area contributed by atoms with E-state index in [0.717, 1.165) is 15.0 Å². The summed E-state index contributed by atoms with van der Waals surface area (Å²) in [6.45, 7) is 1.17. The molecular formula is C16H14BrN3OS. The molecule has 0 fully saturated rings. The smallest absolute Gasteiger partial charge is 0.252 e. The number of aromatic nitrogens is 2. The second-order valence-corrected chi connectivity index (χ2v) is 6.48. The van der Waals surface area contributed by atoms with Crippen molar-refractivity contribution < 1.29 is 4.79 Å². The van der Waals surface area contributed by atoms with Gasteiger partial charge in [0.1, 0.15) is 5.69 Å². The van der Waals surface area contributed by atoms with Crippen LogP contribution in [0, 0.1) is 0 Å². The highest BCUT2D eigenvalue weighted by molar-refractivity contribution is 9.10. The van der Waals surface area contributed by atoms with Crippen LogP contribution in [0.15, 0.2) is 58.5 Å². The van der Waals surface area contributed by atoms with E-state index < -0.39 is 0 Å². The van der Waals surface area contributed by atoms with Gasteiger partial charge in [0.15, 0.2) is 0 Å². The lowest BCUT2D eigenvalue weighted by Gasteiger charge is -2.06. The normalized spacial score (nSPS) is 10.6. The van der Waals surface area contributed by atoms with Gasteiger partial charge in [0.05, 0.1) is 17.0 Å². The summed E-state index contributed by atoms with van der Waals surface area (Å²) in [5, 5.41) is 9.45. The van der Waals surface area contributed by atoms with E-state index in [2.05, 4.69) is 26.3 Å². The number of carbonyl (C=O) groups is 1. The predicted octanol–water partition coefficient (Wildman–Crippen LogP) is 3.80. The minimum absolute atomic E-state index is 0.0851. The van der Waals surface area contributed by atoms with Gasteiger partial charge in [-0.3, -0.25) is 9.48 Å². The van der Waals surface area contributed by atoms with Crippen LogP contribution in [0.5, 0.6) is 0 Å².